The van der Waals surface area contributed by atoms with E-state index in [1.807, 2.05) is 40.7 Å². The second-order valence-electron chi connectivity index (χ2n) is 11.7. The Hall–Kier alpha value is -2.90. The number of hydrogen-bond acceptors (Lipinski definition) is 5. The smallest absolute Gasteiger partial charge is 0.253 e. The third kappa shape index (κ3) is 8.07. The van der Waals surface area contributed by atoms with Crippen LogP contribution < -0.4 is 4.74 Å². The minimum absolute atomic E-state index is 0.117. The Labute approximate surface area is 240 Å². The van der Waals surface area contributed by atoms with Crippen molar-refractivity contribution >= 4 is 11.4 Å². The number of carbonyl (C=O) groups excluding carboxylic acids is 1. The zero-order chi connectivity index (χ0) is 28.5. The summed E-state index contributed by atoms with van der Waals surface area (Å²) in [7, 11) is 0. The lowest BCUT2D eigenvalue weighted by Crippen LogP contribution is -2.36. The molecule has 1 saturated heterocycles. The minimum atomic E-state index is 0.117. The van der Waals surface area contributed by atoms with E-state index in [-0.39, 0.29) is 5.91 Å². The van der Waals surface area contributed by atoms with Gasteiger partial charge in [-0.1, -0.05) is 27.7 Å². The van der Waals surface area contributed by atoms with Gasteiger partial charge in [-0.25, -0.2) is 4.52 Å². The molecule has 1 aliphatic rings. The van der Waals surface area contributed by atoms with Crippen molar-refractivity contribution in [1.29, 1.82) is 0 Å². The van der Waals surface area contributed by atoms with Crippen LogP contribution in [0, 0.1) is 11.8 Å². The Kier molecular flexibility index (Phi) is 11.0. The predicted octanol–water partition coefficient (Wildman–Crippen LogP) is 6.20. The SMILES string of the molecule is CCOc1ccc(-c2nn3ccc(C(=O)N(CCC(C)C)CCC(C)C)cc3c2CCCN2CCOCC2)cc1. The van der Waals surface area contributed by atoms with Crippen LogP contribution in [0.25, 0.3) is 16.8 Å². The highest BCUT2D eigenvalue weighted by molar-refractivity contribution is 5.95. The van der Waals surface area contributed by atoms with E-state index in [9.17, 15) is 4.79 Å². The summed E-state index contributed by atoms with van der Waals surface area (Å²) in [6.45, 7) is 17.7. The first kappa shape index (κ1) is 30.1. The molecule has 0 bridgehead atoms. The maximum atomic E-state index is 13.8. The first-order valence-corrected chi connectivity index (χ1v) is 15.2. The van der Waals surface area contributed by atoms with Crippen molar-refractivity contribution in [3.05, 3.63) is 53.7 Å². The molecule has 0 unspecified atom stereocenters. The number of aryl methyl sites for hydroxylation is 1. The third-order valence-electron chi connectivity index (χ3n) is 7.67. The second-order valence-corrected chi connectivity index (χ2v) is 11.7. The monoisotopic (exact) mass is 548 g/mol. The molecule has 4 rings (SSSR count). The molecule has 3 heterocycles. The van der Waals surface area contributed by atoms with Crippen molar-refractivity contribution in [1.82, 2.24) is 19.4 Å². The first-order valence-electron chi connectivity index (χ1n) is 15.2. The molecular formula is C33H48N4O3. The molecular weight excluding hydrogens is 500 g/mol. The number of carbonyl (C=O) groups is 1. The zero-order valence-corrected chi connectivity index (χ0v) is 25.2. The van der Waals surface area contributed by atoms with E-state index in [0.29, 0.717) is 18.4 Å². The third-order valence-corrected chi connectivity index (χ3v) is 7.67. The van der Waals surface area contributed by atoms with E-state index in [0.717, 1.165) is 99.7 Å². The molecule has 1 aliphatic heterocycles. The number of benzene rings is 1. The fraction of sp³-hybridized carbons (Fsp3) is 0.576. The van der Waals surface area contributed by atoms with Gasteiger partial charge in [0.2, 0.25) is 0 Å². The normalized spacial score (nSPS) is 14.4. The molecule has 218 valence electrons. The van der Waals surface area contributed by atoms with Crippen LogP contribution in [0.4, 0.5) is 0 Å². The summed E-state index contributed by atoms with van der Waals surface area (Å²) < 4.78 is 13.1. The van der Waals surface area contributed by atoms with Crippen molar-refractivity contribution in [3.63, 3.8) is 0 Å². The fourth-order valence-corrected chi connectivity index (χ4v) is 5.21. The highest BCUT2D eigenvalue weighted by atomic mass is 16.5. The Morgan fingerprint density at radius 1 is 1.02 bits per heavy atom. The van der Waals surface area contributed by atoms with Gasteiger partial charge < -0.3 is 14.4 Å². The van der Waals surface area contributed by atoms with Crippen molar-refractivity contribution in [2.24, 2.45) is 11.8 Å². The number of hydrogen-bond donors (Lipinski definition) is 0. The van der Waals surface area contributed by atoms with Gasteiger partial charge in [0.15, 0.2) is 0 Å². The van der Waals surface area contributed by atoms with Crippen LogP contribution in [0.5, 0.6) is 5.75 Å². The topological polar surface area (TPSA) is 59.3 Å². The molecule has 0 spiro atoms. The largest absolute Gasteiger partial charge is 0.494 e. The summed E-state index contributed by atoms with van der Waals surface area (Å²) in [4.78, 5) is 18.3. The highest BCUT2D eigenvalue weighted by Crippen LogP contribution is 2.30. The quantitative estimate of drug-likeness (QED) is 0.240. The van der Waals surface area contributed by atoms with E-state index in [1.165, 1.54) is 5.56 Å². The number of ether oxygens (including phenoxy) is 2. The average molecular weight is 549 g/mol. The van der Waals surface area contributed by atoms with Crippen LogP contribution in [0.15, 0.2) is 42.6 Å². The number of fused-ring (bicyclic) bond motifs is 1. The van der Waals surface area contributed by atoms with Gasteiger partial charge in [-0.2, -0.15) is 5.10 Å². The summed E-state index contributed by atoms with van der Waals surface area (Å²) >= 11 is 0. The number of amides is 1. The molecule has 0 atom stereocenters. The molecule has 0 radical (unpaired) electrons. The lowest BCUT2D eigenvalue weighted by molar-refractivity contribution is 0.0375. The second kappa shape index (κ2) is 14.6. The zero-order valence-electron chi connectivity index (χ0n) is 25.2. The molecule has 7 nitrogen and oxygen atoms in total. The van der Waals surface area contributed by atoms with Gasteiger partial charge in [-0.3, -0.25) is 9.69 Å². The number of pyridine rings is 1. The van der Waals surface area contributed by atoms with E-state index in [1.54, 1.807) is 0 Å². The molecule has 1 amide bonds. The summed E-state index contributed by atoms with van der Waals surface area (Å²) in [5.41, 5.74) is 5.00. The van der Waals surface area contributed by atoms with Crippen molar-refractivity contribution in [2.45, 2.75) is 60.3 Å². The van der Waals surface area contributed by atoms with Crippen LogP contribution in [-0.4, -0.2) is 77.9 Å². The van der Waals surface area contributed by atoms with Gasteiger partial charge >= 0.3 is 0 Å². The standard InChI is InChI=1S/C33H48N4O3/c1-6-40-29-11-9-27(10-12-29)32-30(8-7-16-35-20-22-39-23-21-35)31-24-28(15-19-37(31)34-32)33(38)36(17-13-25(2)3)18-14-26(4)5/h9-12,15,19,24-26H,6-8,13-14,16-18,20-23H2,1-5H3. The van der Waals surface area contributed by atoms with Gasteiger partial charge in [0, 0.05) is 49.1 Å². The fourth-order valence-electron chi connectivity index (χ4n) is 5.21. The molecule has 7 heteroatoms. The molecule has 0 saturated carbocycles. The predicted molar refractivity (Wildman–Crippen MR) is 162 cm³/mol. The number of aromatic nitrogens is 2. The summed E-state index contributed by atoms with van der Waals surface area (Å²) in [5, 5.41) is 5.01. The Morgan fingerprint density at radius 2 is 1.70 bits per heavy atom. The van der Waals surface area contributed by atoms with E-state index < -0.39 is 0 Å². The molecule has 1 aromatic carbocycles. The maximum absolute atomic E-state index is 13.8. The van der Waals surface area contributed by atoms with E-state index in [4.69, 9.17) is 14.6 Å². The van der Waals surface area contributed by atoms with Gasteiger partial charge in [0.05, 0.1) is 31.0 Å². The van der Waals surface area contributed by atoms with E-state index in [2.05, 4.69) is 50.8 Å². The minimum Gasteiger partial charge on any atom is -0.494 e. The lowest BCUT2D eigenvalue weighted by atomic mass is 10.0. The molecule has 40 heavy (non-hydrogen) atoms. The van der Waals surface area contributed by atoms with Crippen LogP contribution in [0.3, 0.4) is 0 Å². The molecule has 2 aromatic heterocycles. The molecule has 1 fully saturated rings. The lowest BCUT2D eigenvalue weighted by Gasteiger charge is -2.26. The summed E-state index contributed by atoms with van der Waals surface area (Å²) in [6, 6.07) is 12.2. The van der Waals surface area contributed by atoms with Gasteiger partial charge in [0.25, 0.3) is 5.91 Å². The first-order chi connectivity index (χ1) is 19.4. The van der Waals surface area contributed by atoms with Gasteiger partial charge in [-0.15, -0.1) is 0 Å². The van der Waals surface area contributed by atoms with Crippen molar-refractivity contribution in [2.75, 3.05) is 52.5 Å². The van der Waals surface area contributed by atoms with Crippen LogP contribution in [-0.2, 0) is 11.2 Å². The van der Waals surface area contributed by atoms with Crippen molar-refractivity contribution < 1.29 is 14.3 Å². The van der Waals surface area contributed by atoms with E-state index >= 15 is 0 Å². The Morgan fingerprint density at radius 3 is 2.33 bits per heavy atom. The number of nitrogens with zero attached hydrogens (tertiary/aromatic N) is 4. The number of rotatable bonds is 14. The summed E-state index contributed by atoms with van der Waals surface area (Å²) in [5.74, 6) is 2.09. The maximum Gasteiger partial charge on any atom is 0.253 e. The van der Waals surface area contributed by atoms with Gasteiger partial charge in [-0.05, 0) is 87.4 Å². The molecule has 0 N–H and O–H groups in total. The van der Waals surface area contributed by atoms with Crippen molar-refractivity contribution in [3.8, 4) is 17.0 Å². The summed E-state index contributed by atoms with van der Waals surface area (Å²) in [6.07, 6.45) is 5.89. The van der Waals surface area contributed by atoms with Crippen LogP contribution >= 0.6 is 0 Å². The molecule has 0 aliphatic carbocycles. The Bertz CT molecular complexity index is 1200. The average Bonchev–Trinajstić information content (AvgIpc) is 3.31. The number of morpholine rings is 1. The van der Waals surface area contributed by atoms with Gasteiger partial charge in [0.1, 0.15) is 5.75 Å². The highest BCUT2D eigenvalue weighted by Gasteiger charge is 2.21. The van der Waals surface area contributed by atoms with Crippen LogP contribution in [0.2, 0.25) is 0 Å². The van der Waals surface area contributed by atoms with Crippen LogP contribution in [0.1, 0.15) is 69.8 Å². The Balaban J connectivity index is 1.64. The molecule has 3 aromatic rings.